The molecule has 0 amide bonds. The average molecular weight is 270 g/mol. The first-order valence-electron chi connectivity index (χ1n) is 5.99. The molecular formula is C13H19FN2OS. The largest absolute Gasteiger partial charge is 0.385 e. The SMILES string of the molecule is CCN(C(=S)NCCCOC)c1ccccc1F. The van der Waals surface area contributed by atoms with E-state index in [0.29, 0.717) is 24.0 Å². The van der Waals surface area contributed by atoms with E-state index in [9.17, 15) is 4.39 Å². The third-order valence-corrected chi connectivity index (χ3v) is 2.87. The highest BCUT2D eigenvalue weighted by Gasteiger charge is 2.13. The van der Waals surface area contributed by atoms with Crippen molar-refractivity contribution in [3.63, 3.8) is 0 Å². The molecule has 1 N–H and O–H groups in total. The number of anilines is 1. The summed E-state index contributed by atoms with van der Waals surface area (Å²) in [7, 11) is 1.66. The zero-order valence-electron chi connectivity index (χ0n) is 10.8. The maximum Gasteiger partial charge on any atom is 0.173 e. The van der Waals surface area contributed by atoms with E-state index in [1.54, 1.807) is 30.2 Å². The number of halogens is 1. The number of methoxy groups -OCH3 is 1. The Morgan fingerprint density at radius 3 is 2.78 bits per heavy atom. The van der Waals surface area contributed by atoms with Crippen molar-refractivity contribution >= 4 is 23.0 Å². The van der Waals surface area contributed by atoms with E-state index in [4.69, 9.17) is 17.0 Å². The molecule has 0 saturated carbocycles. The van der Waals surface area contributed by atoms with Crippen molar-refractivity contribution in [2.45, 2.75) is 13.3 Å². The summed E-state index contributed by atoms with van der Waals surface area (Å²) in [4.78, 5) is 1.75. The van der Waals surface area contributed by atoms with Gasteiger partial charge < -0.3 is 15.0 Å². The Balaban J connectivity index is 2.60. The number of para-hydroxylation sites is 1. The number of thiocarbonyl (C=S) groups is 1. The fourth-order valence-corrected chi connectivity index (χ4v) is 1.93. The average Bonchev–Trinajstić information content (AvgIpc) is 2.38. The lowest BCUT2D eigenvalue weighted by atomic mass is 10.3. The standard InChI is InChI=1S/C13H19FN2OS/c1-3-16(12-8-5-4-7-11(12)14)13(18)15-9-6-10-17-2/h4-5,7-8H,3,6,9-10H2,1-2H3,(H,15,18). The van der Waals surface area contributed by atoms with Gasteiger partial charge in [-0.25, -0.2) is 4.39 Å². The highest BCUT2D eigenvalue weighted by molar-refractivity contribution is 7.80. The molecule has 1 aromatic carbocycles. The molecule has 0 bridgehead atoms. The lowest BCUT2D eigenvalue weighted by Gasteiger charge is -2.24. The highest BCUT2D eigenvalue weighted by atomic mass is 32.1. The molecule has 0 heterocycles. The lowest BCUT2D eigenvalue weighted by Crippen LogP contribution is -2.40. The molecule has 100 valence electrons. The van der Waals surface area contributed by atoms with Gasteiger partial charge in [-0.15, -0.1) is 0 Å². The minimum atomic E-state index is -0.264. The summed E-state index contributed by atoms with van der Waals surface area (Å²) in [6.07, 6.45) is 0.867. The van der Waals surface area contributed by atoms with Crippen LogP contribution in [-0.4, -0.2) is 31.9 Å². The van der Waals surface area contributed by atoms with Crippen molar-refractivity contribution in [1.29, 1.82) is 0 Å². The minimum absolute atomic E-state index is 0.264. The summed E-state index contributed by atoms with van der Waals surface area (Å²) in [5, 5.41) is 3.65. The van der Waals surface area contributed by atoms with Crippen LogP contribution in [0, 0.1) is 5.82 Å². The van der Waals surface area contributed by atoms with Crippen molar-refractivity contribution in [2.75, 3.05) is 31.7 Å². The third-order valence-electron chi connectivity index (χ3n) is 2.51. The molecule has 0 aliphatic heterocycles. The normalized spacial score (nSPS) is 10.2. The van der Waals surface area contributed by atoms with Gasteiger partial charge >= 0.3 is 0 Å². The zero-order valence-corrected chi connectivity index (χ0v) is 11.6. The molecule has 18 heavy (non-hydrogen) atoms. The van der Waals surface area contributed by atoms with Gasteiger partial charge in [0.2, 0.25) is 0 Å². The predicted molar refractivity (Wildman–Crippen MR) is 76.5 cm³/mol. The summed E-state index contributed by atoms with van der Waals surface area (Å²) in [6, 6.07) is 6.63. The molecule has 0 unspecified atom stereocenters. The smallest absolute Gasteiger partial charge is 0.173 e. The number of rotatable bonds is 6. The molecule has 0 fully saturated rings. The number of benzene rings is 1. The van der Waals surface area contributed by atoms with E-state index in [2.05, 4.69) is 5.32 Å². The second-order valence-corrected chi connectivity index (χ2v) is 4.16. The van der Waals surface area contributed by atoms with E-state index in [0.717, 1.165) is 13.0 Å². The minimum Gasteiger partial charge on any atom is -0.385 e. The van der Waals surface area contributed by atoms with Gasteiger partial charge in [-0.1, -0.05) is 12.1 Å². The first-order chi connectivity index (χ1) is 8.70. The Hall–Kier alpha value is -1.20. The van der Waals surface area contributed by atoms with Gasteiger partial charge in [0, 0.05) is 26.8 Å². The molecule has 5 heteroatoms. The van der Waals surface area contributed by atoms with Crippen LogP contribution in [0.15, 0.2) is 24.3 Å². The first-order valence-corrected chi connectivity index (χ1v) is 6.40. The molecule has 0 saturated heterocycles. The molecule has 1 rings (SSSR count). The maximum atomic E-state index is 13.7. The molecule has 0 aliphatic rings. The second kappa shape index (κ2) is 8.00. The Morgan fingerprint density at radius 1 is 1.44 bits per heavy atom. The Labute approximate surface area is 113 Å². The van der Waals surface area contributed by atoms with Gasteiger partial charge in [-0.3, -0.25) is 0 Å². The second-order valence-electron chi connectivity index (χ2n) is 3.77. The fourth-order valence-electron chi connectivity index (χ4n) is 1.60. The van der Waals surface area contributed by atoms with Crippen LogP contribution < -0.4 is 10.2 Å². The van der Waals surface area contributed by atoms with Crippen LogP contribution in [0.5, 0.6) is 0 Å². The summed E-state index contributed by atoms with van der Waals surface area (Å²) in [6.45, 7) is 3.96. The monoisotopic (exact) mass is 270 g/mol. The lowest BCUT2D eigenvalue weighted by molar-refractivity contribution is 0.195. The molecule has 0 atom stereocenters. The summed E-state index contributed by atoms with van der Waals surface area (Å²) in [5.74, 6) is -0.264. The van der Waals surface area contributed by atoms with Crippen LogP contribution in [0.1, 0.15) is 13.3 Å². The van der Waals surface area contributed by atoms with E-state index in [1.807, 2.05) is 6.92 Å². The van der Waals surface area contributed by atoms with Gasteiger partial charge in [-0.05, 0) is 37.7 Å². The van der Waals surface area contributed by atoms with Crippen LogP contribution in [0.3, 0.4) is 0 Å². The molecule has 0 spiro atoms. The van der Waals surface area contributed by atoms with Crippen molar-refractivity contribution in [1.82, 2.24) is 5.32 Å². The van der Waals surface area contributed by atoms with Gasteiger partial charge in [0.25, 0.3) is 0 Å². The molecule has 1 aromatic rings. The van der Waals surface area contributed by atoms with Gasteiger partial charge in [0.1, 0.15) is 5.82 Å². The van der Waals surface area contributed by atoms with Crippen LogP contribution in [-0.2, 0) is 4.74 Å². The van der Waals surface area contributed by atoms with E-state index in [1.165, 1.54) is 6.07 Å². The van der Waals surface area contributed by atoms with Crippen LogP contribution in [0.25, 0.3) is 0 Å². The van der Waals surface area contributed by atoms with E-state index in [-0.39, 0.29) is 5.82 Å². The fraction of sp³-hybridized carbons (Fsp3) is 0.462. The maximum absolute atomic E-state index is 13.7. The van der Waals surface area contributed by atoms with E-state index >= 15 is 0 Å². The Bertz CT molecular complexity index is 387. The first kappa shape index (κ1) is 14.9. The van der Waals surface area contributed by atoms with Crippen molar-refractivity contribution < 1.29 is 9.13 Å². The summed E-state index contributed by atoms with van der Waals surface area (Å²) in [5.41, 5.74) is 0.504. The Morgan fingerprint density at radius 2 is 2.17 bits per heavy atom. The predicted octanol–water partition coefficient (Wildman–Crippen LogP) is 2.56. The van der Waals surface area contributed by atoms with Crippen molar-refractivity contribution in [2.24, 2.45) is 0 Å². The van der Waals surface area contributed by atoms with Crippen LogP contribution in [0.2, 0.25) is 0 Å². The number of nitrogens with zero attached hydrogens (tertiary/aromatic N) is 1. The summed E-state index contributed by atoms with van der Waals surface area (Å²) >= 11 is 5.27. The molecule has 0 aromatic heterocycles. The van der Waals surface area contributed by atoms with Crippen molar-refractivity contribution in [3.8, 4) is 0 Å². The molecule has 0 aliphatic carbocycles. The quantitative estimate of drug-likeness (QED) is 0.634. The molecule has 3 nitrogen and oxygen atoms in total. The van der Waals surface area contributed by atoms with Crippen LogP contribution in [0.4, 0.5) is 10.1 Å². The van der Waals surface area contributed by atoms with Crippen molar-refractivity contribution in [3.05, 3.63) is 30.1 Å². The molecule has 0 radical (unpaired) electrons. The number of ether oxygens (including phenoxy) is 1. The number of hydrogen-bond donors (Lipinski definition) is 1. The van der Waals surface area contributed by atoms with Gasteiger partial charge in [-0.2, -0.15) is 0 Å². The molecular weight excluding hydrogens is 251 g/mol. The van der Waals surface area contributed by atoms with Gasteiger partial charge in [0.05, 0.1) is 5.69 Å². The number of hydrogen-bond acceptors (Lipinski definition) is 2. The third kappa shape index (κ3) is 4.23. The van der Waals surface area contributed by atoms with Crippen LogP contribution >= 0.6 is 12.2 Å². The summed E-state index contributed by atoms with van der Waals surface area (Å²) < 4.78 is 18.6. The highest BCUT2D eigenvalue weighted by Crippen LogP contribution is 2.18. The van der Waals surface area contributed by atoms with Gasteiger partial charge in [0.15, 0.2) is 5.11 Å². The zero-order chi connectivity index (χ0) is 13.4. The number of nitrogens with one attached hydrogen (secondary N) is 1. The topological polar surface area (TPSA) is 24.5 Å². The van der Waals surface area contributed by atoms with E-state index < -0.39 is 0 Å². The Kier molecular flexibility index (Phi) is 6.60.